The predicted octanol–water partition coefficient (Wildman–Crippen LogP) is 0.326. The largest absolute Gasteiger partial charge is 0.478 e. The number of hydrogen-bond donors (Lipinski definition) is 3. The molecule has 0 bridgehead atoms. The lowest BCUT2D eigenvalue weighted by Gasteiger charge is -2.07. The molecule has 0 fully saturated rings. The number of anilines is 1. The summed E-state index contributed by atoms with van der Waals surface area (Å²) in [5.41, 5.74) is 4.51. The molecule has 0 saturated carbocycles. The predicted molar refractivity (Wildman–Crippen MR) is 70.4 cm³/mol. The highest BCUT2D eigenvalue weighted by Crippen LogP contribution is 2.20. The second-order valence-electron chi connectivity index (χ2n) is 4.08. The highest BCUT2D eigenvalue weighted by Gasteiger charge is 2.19. The fourth-order valence-electron chi connectivity index (χ4n) is 1.65. The molecule has 2 rings (SSSR count). The van der Waals surface area contributed by atoms with Gasteiger partial charge in [0.1, 0.15) is 5.82 Å². The Bertz CT molecular complexity index is 685. The van der Waals surface area contributed by atoms with Crippen LogP contribution in [0.1, 0.15) is 20.8 Å². The van der Waals surface area contributed by atoms with Gasteiger partial charge in [-0.15, -0.1) is 5.10 Å². The summed E-state index contributed by atoms with van der Waals surface area (Å²) in [6, 6.07) is 3.48. The molecule has 2 aromatic rings. The lowest BCUT2D eigenvalue weighted by atomic mass is 10.1. The van der Waals surface area contributed by atoms with Crippen LogP contribution in [-0.2, 0) is 6.54 Å². The number of halogens is 1. The van der Waals surface area contributed by atoms with Crippen LogP contribution in [0.25, 0.3) is 0 Å². The Balaban J connectivity index is 2.25. The molecular formula is C12H12FN5O3. The summed E-state index contributed by atoms with van der Waals surface area (Å²) in [7, 11) is 0. The highest BCUT2D eigenvalue weighted by atomic mass is 19.1. The van der Waals surface area contributed by atoms with E-state index in [0.717, 1.165) is 6.07 Å². The van der Waals surface area contributed by atoms with Gasteiger partial charge in [0.25, 0.3) is 5.91 Å². The smallest absolute Gasteiger partial charge is 0.337 e. The lowest BCUT2D eigenvalue weighted by molar-refractivity contribution is 0.0697. The van der Waals surface area contributed by atoms with Gasteiger partial charge < -0.3 is 16.2 Å². The highest BCUT2D eigenvalue weighted by molar-refractivity contribution is 6.06. The Kier molecular flexibility index (Phi) is 4.24. The quantitative estimate of drug-likeness (QED) is 0.729. The molecule has 0 radical (unpaired) electrons. The molecule has 0 atom stereocenters. The van der Waals surface area contributed by atoms with Gasteiger partial charge in [0.15, 0.2) is 5.69 Å². The first kappa shape index (κ1) is 14.6. The van der Waals surface area contributed by atoms with E-state index in [4.69, 9.17) is 10.8 Å². The van der Waals surface area contributed by atoms with Gasteiger partial charge in [-0.1, -0.05) is 11.3 Å². The number of rotatable bonds is 5. The van der Waals surface area contributed by atoms with Crippen molar-refractivity contribution in [3.63, 3.8) is 0 Å². The maximum Gasteiger partial charge on any atom is 0.337 e. The molecule has 0 aliphatic rings. The number of aromatic nitrogens is 3. The minimum Gasteiger partial charge on any atom is -0.478 e. The third kappa shape index (κ3) is 3.20. The SMILES string of the molecule is NCCn1cc(C(=O)Nc2c(F)cccc2C(=O)O)nn1. The van der Waals surface area contributed by atoms with Gasteiger partial charge in [-0.3, -0.25) is 9.48 Å². The van der Waals surface area contributed by atoms with E-state index in [9.17, 15) is 14.0 Å². The summed E-state index contributed by atoms with van der Waals surface area (Å²) in [6.45, 7) is 0.696. The van der Waals surface area contributed by atoms with Gasteiger partial charge in [0.05, 0.1) is 24.0 Å². The third-order valence-corrected chi connectivity index (χ3v) is 2.61. The first-order valence-corrected chi connectivity index (χ1v) is 5.96. The topological polar surface area (TPSA) is 123 Å². The molecule has 21 heavy (non-hydrogen) atoms. The Morgan fingerprint density at radius 2 is 2.19 bits per heavy atom. The second kappa shape index (κ2) is 6.09. The van der Waals surface area contributed by atoms with Crippen LogP contribution in [0.5, 0.6) is 0 Å². The van der Waals surface area contributed by atoms with Crippen LogP contribution >= 0.6 is 0 Å². The van der Waals surface area contributed by atoms with E-state index in [-0.39, 0.29) is 11.3 Å². The van der Waals surface area contributed by atoms with E-state index in [0.29, 0.717) is 13.1 Å². The molecule has 9 heteroatoms. The molecule has 110 valence electrons. The Labute approximate surface area is 118 Å². The molecule has 1 aromatic heterocycles. The Hall–Kier alpha value is -2.81. The number of carbonyl (C=O) groups is 2. The summed E-state index contributed by atoms with van der Waals surface area (Å²) < 4.78 is 15.0. The van der Waals surface area contributed by atoms with Gasteiger partial charge in [0, 0.05) is 6.54 Å². The van der Waals surface area contributed by atoms with Crippen LogP contribution < -0.4 is 11.1 Å². The zero-order chi connectivity index (χ0) is 15.4. The minimum absolute atomic E-state index is 0.0666. The average Bonchev–Trinajstić information content (AvgIpc) is 2.90. The fourth-order valence-corrected chi connectivity index (χ4v) is 1.65. The molecule has 0 saturated heterocycles. The number of nitrogens with zero attached hydrogens (tertiary/aromatic N) is 3. The van der Waals surface area contributed by atoms with E-state index in [1.807, 2.05) is 0 Å². The summed E-state index contributed by atoms with van der Waals surface area (Å²) in [4.78, 5) is 23.0. The Morgan fingerprint density at radius 3 is 2.86 bits per heavy atom. The van der Waals surface area contributed by atoms with E-state index < -0.39 is 23.4 Å². The summed E-state index contributed by atoms with van der Waals surface area (Å²) in [6.07, 6.45) is 1.34. The summed E-state index contributed by atoms with van der Waals surface area (Å²) >= 11 is 0. The molecule has 1 heterocycles. The molecule has 1 aromatic carbocycles. The molecule has 0 aliphatic heterocycles. The number of hydrogen-bond acceptors (Lipinski definition) is 5. The first-order chi connectivity index (χ1) is 10.0. The second-order valence-corrected chi connectivity index (χ2v) is 4.08. The van der Waals surface area contributed by atoms with E-state index in [1.54, 1.807) is 0 Å². The maximum atomic E-state index is 13.7. The molecule has 8 nitrogen and oxygen atoms in total. The van der Waals surface area contributed by atoms with Crippen molar-refractivity contribution in [2.75, 3.05) is 11.9 Å². The normalized spacial score (nSPS) is 10.4. The standard InChI is InChI=1S/C12H12FN5O3/c13-8-3-1-2-7(12(20)21)10(8)15-11(19)9-6-18(5-4-14)17-16-9/h1-3,6H,4-5,14H2,(H,15,19)(H,20,21). The van der Waals surface area contributed by atoms with Crippen LogP contribution in [0, 0.1) is 5.82 Å². The van der Waals surface area contributed by atoms with Crippen molar-refractivity contribution in [3.05, 3.63) is 41.5 Å². The zero-order valence-corrected chi connectivity index (χ0v) is 10.8. The van der Waals surface area contributed by atoms with Gasteiger partial charge in [-0.05, 0) is 12.1 Å². The monoisotopic (exact) mass is 293 g/mol. The van der Waals surface area contributed by atoms with Gasteiger partial charge in [-0.2, -0.15) is 0 Å². The first-order valence-electron chi connectivity index (χ1n) is 5.96. The van der Waals surface area contributed by atoms with Gasteiger partial charge >= 0.3 is 5.97 Å². The molecular weight excluding hydrogens is 281 g/mol. The van der Waals surface area contributed by atoms with Crippen LogP contribution in [0.2, 0.25) is 0 Å². The summed E-state index contributed by atoms with van der Waals surface area (Å²) in [5.74, 6) is -2.96. The number of nitrogens with two attached hydrogens (primary N) is 1. The van der Waals surface area contributed by atoms with Crippen molar-refractivity contribution in [3.8, 4) is 0 Å². The zero-order valence-electron chi connectivity index (χ0n) is 10.8. The van der Waals surface area contributed by atoms with Crippen molar-refractivity contribution in [2.45, 2.75) is 6.54 Å². The van der Waals surface area contributed by atoms with E-state index >= 15 is 0 Å². The van der Waals surface area contributed by atoms with Crippen molar-refractivity contribution in [2.24, 2.45) is 5.73 Å². The molecule has 0 unspecified atom stereocenters. The number of carboxylic acids is 1. The third-order valence-electron chi connectivity index (χ3n) is 2.61. The number of benzene rings is 1. The number of carbonyl (C=O) groups excluding carboxylic acids is 1. The van der Waals surface area contributed by atoms with Crippen LogP contribution in [0.3, 0.4) is 0 Å². The van der Waals surface area contributed by atoms with Crippen molar-refractivity contribution in [1.82, 2.24) is 15.0 Å². The average molecular weight is 293 g/mol. The number of para-hydroxylation sites is 1. The minimum atomic E-state index is -1.35. The number of nitrogens with one attached hydrogen (secondary N) is 1. The molecule has 0 spiro atoms. The van der Waals surface area contributed by atoms with E-state index in [1.165, 1.54) is 23.0 Å². The van der Waals surface area contributed by atoms with Gasteiger partial charge in [0.2, 0.25) is 0 Å². The van der Waals surface area contributed by atoms with E-state index in [2.05, 4.69) is 15.6 Å². The number of aromatic carboxylic acids is 1. The molecule has 4 N–H and O–H groups in total. The van der Waals surface area contributed by atoms with Crippen LogP contribution in [-0.4, -0.2) is 38.5 Å². The fraction of sp³-hybridized carbons (Fsp3) is 0.167. The molecule has 0 aliphatic carbocycles. The van der Waals surface area contributed by atoms with Crippen molar-refractivity contribution in [1.29, 1.82) is 0 Å². The number of amides is 1. The van der Waals surface area contributed by atoms with Crippen molar-refractivity contribution >= 4 is 17.6 Å². The number of carboxylic acid groups (broad SMARTS) is 1. The summed E-state index contributed by atoms with van der Waals surface area (Å²) in [5, 5.41) is 18.4. The van der Waals surface area contributed by atoms with Crippen LogP contribution in [0.15, 0.2) is 24.4 Å². The van der Waals surface area contributed by atoms with Gasteiger partial charge in [-0.25, -0.2) is 9.18 Å². The molecule has 1 amide bonds. The lowest BCUT2D eigenvalue weighted by Crippen LogP contribution is -2.16. The van der Waals surface area contributed by atoms with Crippen LogP contribution in [0.4, 0.5) is 10.1 Å². The Morgan fingerprint density at radius 1 is 1.43 bits per heavy atom. The van der Waals surface area contributed by atoms with Crippen molar-refractivity contribution < 1.29 is 19.1 Å². The maximum absolute atomic E-state index is 13.7.